The van der Waals surface area contributed by atoms with Crippen LogP contribution in [0.5, 0.6) is 5.75 Å². The van der Waals surface area contributed by atoms with Gasteiger partial charge < -0.3 is 14.6 Å². The molecule has 5 nitrogen and oxygen atoms in total. The first-order valence-electron chi connectivity index (χ1n) is 9.84. The number of likely N-dealkylation sites (tertiary alicyclic amines) is 1. The molecule has 1 N–H and O–H groups in total. The molecule has 1 aromatic heterocycles. The van der Waals surface area contributed by atoms with E-state index >= 15 is 0 Å². The van der Waals surface area contributed by atoms with Crippen LogP contribution in [0.1, 0.15) is 25.7 Å². The third-order valence-electron chi connectivity index (χ3n) is 5.27. The number of H-pyrrole nitrogens is 1. The number of hydrogen-bond donors (Lipinski definition) is 1. The third kappa shape index (κ3) is 3.93. The Morgan fingerprint density at radius 1 is 0.964 bits per heavy atom. The Balaban J connectivity index is 1.64. The Hall–Kier alpha value is -3.08. The molecule has 0 bridgehead atoms. The monoisotopic (exact) mass is 376 g/mol. The molecule has 0 unspecified atom stereocenters. The molecule has 1 aliphatic heterocycles. The van der Waals surface area contributed by atoms with E-state index in [1.807, 2.05) is 41.3 Å². The van der Waals surface area contributed by atoms with E-state index in [-0.39, 0.29) is 18.1 Å². The smallest absolute Gasteiger partial charge is 0.260 e. The molecule has 0 spiro atoms. The van der Waals surface area contributed by atoms with E-state index in [0.29, 0.717) is 5.75 Å². The summed E-state index contributed by atoms with van der Waals surface area (Å²) in [6, 6.07) is 15.2. The predicted octanol–water partition coefficient (Wildman–Crippen LogP) is 3.98. The number of carbonyl (C=O) groups is 1. The van der Waals surface area contributed by atoms with Gasteiger partial charge in [-0.05, 0) is 35.7 Å². The van der Waals surface area contributed by atoms with Crippen LogP contribution in [0.4, 0.5) is 0 Å². The van der Waals surface area contributed by atoms with Crippen LogP contribution >= 0.6 is 0 Å². The maximum atomic E-state index is 12.6. The normalized spacial score (nSPS) is 14.6. The average molecular weight is 376 g/mol. The molecule has 2 aromatic carbocycles. The summed E-state index contributed by atoms with van der Waals surface area (Å²) < 4.78 is 6.00. The van der Waals surface area contributed by atoms with Crippen molar-refractivity contribution in [2.75, 3.05) is 19.7 Å². The number of fused-ring (bicyclic) bond motifs is 1. The van der Waals surface area contributed by atoms with Crippen molar-refractivity contribution in [1.29, 1.82) is 0 Å². The molecule has 1 saturated heterocycles. The van der Waals surface area contributed by atoms with Crippen LogP contribution in [0.25, 0.3) is 21.9 Å². The topological polar surface area (TPSA) is 62.4 Å². The van der Waals surface area contributed by atoms with Crippen LogP contribution in [-0.4, -0.2) is 35.5 Å². The number of aromatic nitrogens is 1. The molecule has 1 fully saturated rings. The van der Waals surface area contributed by atoms with Crippen molar-refractivity contribution in [3.05, 3.63) is 65.1 Å². The number of rotatable bonds is 4. The Morgan fingerprint density at radius 2 is 1.75 bits per heavy atom. The maximum absolute atomic E-state index is 12.6. The lowest BCUT2D eigenvalue weighted by molar-refractivity contribution is -0.133. The molecule has 28 heavy (non-hydrogen) atoms. The molecule has 3 aromatic rings. The van der Waals surface area contributed by atoms with E-state index in [2.05, 4.69) is 4.98 Å². The molecule has 0 atom stereocenters. The summed E-state index contributed by atoms with van der Waals surface area (Å²) in [5.41, 5.74) is 1.59. The number of hydrogen-bond acceptors (Lipinski definition) is 3. The highest BCUT2D eigenvalue weighted by molar-refractivity contribution is 5.99. The van der Waals surface area contributed by atoms with Gasteiger partial charge in [0.2, 0.25) is 5.56 Å². The lowest BCUT2D eigenvalue weighted by Crippen LogP contribution is -2.35. The second-order valence-electron chi connectivity index (χ2n) is 7.19. The minimum atomic E-state index is -0.150. The van der Waals surface area contributed by atoms with E-state index in [0.717, 1.165) is 47.8 Å². The molecule has 0 radical (unpaired) electrons. The third-order valence-corrected chi connectivity index (χ3v) is 5.27. The quantitative estimate of drug-likeness (QED) is 0.749. The van der Waals surface area contributed by atoms with Crippen LogP contribution in [0.15, 0.2) is 59.5 Å². The fraction of sp³-hybridized carbons (Fsp3) is 0.304. The van der Waals surface area contributed by atoms with Gasteiger partial charge in [0.25, 0.3) is 5.91 Å². The minimum Gasteiger partial charge on any atom is -0.483 e. The van der Waals surface area contributed by atoms with E-state index in [9.17, 15) is 9.59 Å². The minimum absolute atomic E-state index is 0.0225. The van der Waals surface area contributed by atoms with Crippen molar-refractivity contribution in [2.45, 2.75) is 25.7 Å². The van der Waals surface area contributed by atoms with Gasteiger partial charge in [-0.1, -0.05) is 43.2 Å². The van der Waals surface area contributed by atoms with Crippen LogP contribution in [0.2, 0.25) is 0 Å². The van der Waals surface area contributed by atoms with Gasteiger partial charge in [-0.2, -0.15) is 0 Å². The van der Waals surface area contributed by atoms with Crippen LogP contribution < -0.4 is 10.3 Å². The van der Waals surface area contributed by atoms with Crippen molar-refractivity contribution in [2.24, 2.45) is 0 Å². The Morgan fingerprint density at radius 3 is 2.50 bits per heavy atom. The number of nitrogens with zero attached hydrogens (tertiary/aromatic N) is 1. The van der Waals surface area contributed by atoms with E-state index < -0.39 is 0 Å². The van der Waals surface area contributed by atoms with Crippen molar-refractivity contribution in [3.8, 4) is 16.9 Å². The highest BCUT2D eigenvalue weighted by Gasteiger charge is 2.18. The molecular formula is C23H24N2O3. The van der Waals surface area contributed by atoms with Crippen molar-refractivity contribution in [3.63, 3.8) is 0 Å². The fourth-order valence-corrected chi connectivity index (χ4v) is 3.79. The molecule has 5 heteroatoms. The summed E-state index contributed by atoms with van der Waals surface area (Å²) in [5, 5.41) is 2.10. The summed E-state index contributed by atoms with van der Waals surface area (Å²) in [7, 11) is 0. The first-order chi connectivity index (χ1) is 13.7. The summed E-state index contributed by atoms with van der Waals surface area (Å²) in [6.45, 7) is 1.65. The van der Waals surface area contributed by atoms with Gasteiger partial charge >= 0.3 is 0 Å². The SMILES string of the molecule is O=C(COc1ccc2ccccc2c1-c1ccc(=O)[nH]c1)N1CCCCCC1. The molecule has 0 aliphatic carbocycles. The Bertz CT molecular complexity index is 1010. The maximum Gasteiger partial charge on any atom is 0.260 e. The summed E-state index contributed by atoms with van der Waals surface area (Å²) in [5.74, 6) is 0.677. The van der Waals surface area contributed by atoms with Crippen molar-refractivity contribution >= 4 is 16.7 Å². The van der Waals surface area contributed by atoms with E-state index in [4.69, 9.17) is 4.74 Å². The molecule has 0 saturated carbocycles. The number of nitrogens with one attached hydrogen (secondary N) is 1. The molecule has 144 valence electrons. The van der Waals surface area contributed by atoms with Crippen molar-refractivity contribution in [1.82, 2.24) is 9.88 Å². The molecule has 4 rings (SSSR count). The summed E-state index contributed by atoms with van der Waals surface area (Å²) in [6.07, 6.45) is 6.18. The van der Waals surface area contributed by atoms with Gasteiger partial charge in [0.1, 0.15) is 5.75 Å². The lowest BCUT2D eigenvalue weighted by atomic mass is 9.98. The van der Waals surface area contributed by atoms with E-state index in [1.54, 1.807) is 12.3 Å². The standard InChI is InChI=1S/C23H24N2O3/c26-21-12-10-18(15-24-21)23-19-8-4-3-7-17(19)9-11-20(23)28-16-22(27)25-13-5-1-2-6-14-25/h3-4,7-12,15H,1-2,5-6,13-14,16H2,(H,24,26). The summed E-state index contributed by atoms with van der Waals surface area (Å²) >= 11 is 0. The first kappa shape index (κ1) is 18.3. The second kappa shape index (κ2) is 8.30. The van der Waals surface area contributed by atoms with Gasteiger partial charge in [0.05, 0.1) is 0 Å². The summed E-state index contributed by atoms with van der Waals surface area (Å²) in [4.78, 5) is 28.8. The molecular weight excluding hydrogens is 352 g/mol. The zero-order chi connectivity index (χ0) is 19.3. The van der Waals surface area contributed by atoms with E-state index in [1.165, 1.54) is 18.9 Å². The van der Waals surface area contributed by atoms with Gasteiger partial charge in [0.15, 0.2) is 6.61 Å². The van der Waals surface area contributed by atoms with Gasteiger partial charge in [-0.3, -0.25) is 9.59 Å². The Kier molecular flexibility index (Phi) is 5.42. The van der Waals surface area contributed by atoms with Crippen LogP contribution in [0.3, 0.4) is 0 Å². The highest BCUT2D eigenvalue weighted by atomic mass is 16.5. The number of aromatic amines is 1. The van der Waals surface area contributed by atoms with Gasteiger partial charge in [-0.15, -0.1) is 0 Å². The van der Waals surface area contributed by atoms with Crippen LogP contribution in [0, 0.1) is 0 Å². The zero-order valence-corrected chi connectivity index (χ0v) is 15.8. The molecule has 1 aliphatic rings. The molecule has 2 heterocycles. The zero-order valence-electron chi connectivity index (χ0n) is 15.8. The molecule has 1 amide bonds. The van der Waals surface area contributed by atoms with Crippen molar-refractivity contribution < 1.29 is 9.53 Å². The number of ether oxygens (including phenoxy) is 1. The number of carbonyl (C=O) groups excluding carboxylic acids is 1. The highest BCUT2D eigenvalue weighted by Crippen LogP contribution is 2.36. The largest absolute Gasteiger partial charge is 0.483 e. The number of amides is 1. The van der Waals surface area contributed by atoms with Gasteiger partial charge in [-0.25, -0.2) is 0 Å². The lowest BCUT2D eigenvalue weighted by Gasteiger charge is -2.21. The number of benzene rings is 2. The Labute approximate surface area is 163 Å². The second-order valence-corrected chi connectivity index (χ2v) is 7.19. The number of pyridine rings is 1. The first-order valence-corrected chi connectivity index (χ1v) is 9.84. The predicted molar refractivity (Wildman–Crippen MR) is 111 cm³/mol. The van der Waals surface area contributed by atoms with Crippen LogP contribution in [-0.2, 0) is 4.79 Å². The van der Waals surface area contributed by atoms with Gasteiger partial charge in [0, 0.05) is 36.5 Å². The average Bonchev–Trinajstić information content (AvgIpc) is 3.02. The fourth-order valence-electron chi connectivity index (χ4n) is 3.79.